The Kier molecular flexibility index (Phi) is 4.87. The molecule has 0 bridgehead atoms. The lowest BCUT2D eigenvalue weighted by Crippen LogP contribution is -2.38. The van der Waals surface area contributed by atoms with Crippen LogP contribution in [0.5, 0.6) is 0 Å². The van der Waals surface area contributed by atoms with Gasteiger partial charge in [0.25, 0.3) is 5.91 Å². The Morgan fingerprint density at radius 3 is 2.74 bits per heavy atom. The number of anilines is 1. The summed E-state index contributed by atoms with van der Waals surface area (Å²) in [5, 5.41) is 15.9. The summed E-state index contributed by atoms with van der Waals surface area (Å²) in [6.45, 7) is 3.76. The number of nitrogens with zero attached hydrogens (tertiary/aromatic N) is 2. The Morgan fingerprint density at radius 1 is 1.58 bits per heavy atom. The van der Waals surface area contributed by atoms with E-state index >= 15 is 0 Å². The van der Waals surface area contributed by atoms with E-state index in [2.05, 4.69) is 15.2 Å². The molecule has 1 atom stereocenters. The highest BCUT2D eigenvalue weighted by molar-refractivity contribution is 5.98. The molecule has 8 heteroatoms. The van der Waals surface area contributed by atoms with Crippen molar-refractivity contribution in [1.29, 1.82) is 0 Å². The summed E-state index contributed by atoms with van der Waals surface area (Å²) in [6, 6.07) is 0. The number of rotatable bonds is 5. The monoisotopic (exact) mass is 270 g/mol. The second-order valence-electron chi connectivity index (χ2n) is 3.91. The highest BCUT2D eigenvalue weighted by Crippen LogP contribution is 2.15. The fourth-order valence-electron chi connectivity index (χ4n) is 1.56. The van der Waals surface area contributed by atoms with Crippen molar-refractivity contribution in [1.82, 2.24) is 15.1 Å². The number of carbonyl (C=O) groups excluding carboxylic acids is 2. The van der Waals surface area contributed by atoms with Crippen LogP contribution in [-0.4, -0.2) is 46.5 Å². The first-order valence-corrected chi connectivity index (χ1v) is 5.79. The third-order valence-electron chi connectivity index (χ3n) is 2.62. The van der Waals surface area contributed by atoms with Gasteiger partial charge in [0.1, 0.15) is 5.69 Å². The molecule has 1 aromatic heterocycles. The number of carbonyl (C=O) groups is 2. The SMILES string of the molecule is CCn1nc(C)c(N)c1C(=O)NCC(O)C(=O)OC. The number of aliphatic hydroxyl groups excluding tert-OH is 1. The minimum absolute atomic E-state index is 0.220. The minimum atomic E-state index is -1.41. The number of nitrogens with two attached hydrogens (primary N) is 1. The minimum Gasteiger partial charge on any atom is -0.467 e. The van der Waals surface area contributed by atoms with Crippen molar-refractivity contribution in [3.05, 3.63) is 11.4 Å². The first-order valence-electron chi connectivity index (χ1n) is 5.79. The Labute approximate surface area is 110 Å². The molecule has 1 rings (SSSR count). The van der Waals surface area contributed by atoms with Gasteiger partial charge >= 0.3 is 5.97 Å². The third kappa shape index (κ3) is 3.22. The quantitative estimate of drug-likeness (QED) is 0.594. The van der Waals surface area contributed by atoms with Crippen molar-refractivity contribution >= 4 is 17.6 Å². The van der Waals surface area contributed by atoms with Crippen LogP contribution in [-0.2, 0) is 16.1 Å². The maximum atomic E-state index is 12.0. The number of nitrogen functional groups attached to an aromatic ring is 1. The van der Waals surface area contributed by atoms with Crippen molar-refractivity contribution in [3.63, 3.8) is 0 Å². The molecule has 1 heterocycles. The van der Waals surface area contributed by atoms with Gasteiger partial charge in [0, 0.05) is 6.54 Å². The van der Waals surface area contributed by atoms with Crippen LogP contribution in [0.4, 0.5) is 5.69 Å². The van der Waals surface area contributed by atoms with E-state index in [-0.39, 0.29) is 17.9 Å². The highest BCUT2D eigenvalue weighted by Gasteiger charge is 2.21. The van der Waals surface area contributed by atoms with E-state index in [1.165, 1.54) is 4.68 Å². The summed E-state index contributed by atoms with van der Waals surface area (Å²) in [5.74, 6) is -1.31. The van der Waals surface area contributed by atoms with Crippen LogP contribution in [0.2, 0.25) is 0 Å². The zero-order valence-electron chi connectivity index (χ0n) is 11.1. The van der Waals surface area contributed by atoms with E-state index in [0.717, 1.165) is 7.11 Å². The Hall–Kier alpha value is -2.09. The van der Waals surface area contributed by atoms with Crippen LogP contribution in [0.15, 0.2) is 0 Å². The van der Waals surface area contributed by atoms with Crippen LogP contribution in [0, 0.1) is 6.92 Å². The zero-order chi connectivity index (χ0) is 14.6. The van der Waals surface area contributed by atoms with Crippen LogP contribution >= 0.6 is 0 Å². The molecule has 4 N–H and O–H groups in total. The number of methoxy groups -OCH3 is 1. The largest absolute Gasteiger partial charge is 0.467 e. The number of aromatic nitrogens is 2. The fraction of sp³-hybridized carbons (Fsp3) is 0.545. The molecule has 0 aromatic carbocycles. The van der Waals surface area contributed by atoms with E-state index < -0.39 is 18.0 Å². The molecule has 0 saturated heterocycles. The fourth-order valence-corrected chi connectivity index (χ4v) is 1.56. The number of nitrogens with one attached hydrogen (secondary N) is 1. The Balaban J connectivity index is 2.76. The first kappa shape index (κ1) is 15.0. The Bertz CT molecular complexity index is 483. The van der Waals surface area contributed by atoms with Crippen LogP contribution in [0.1, 0.15) is 23.1 Å². The molecule has 0 aliphatic heterocycles. The standard InChI is InChI=1S/C11H18N4O4/c1-4-15-9(8(12)6(2)14-15)10(17)13-5-7(16)11(18)19-3/h7,16H,4-5,12H2,1-3H3,(H,13,17). The van der Waals surface area contributed by atoms with Crippen molar-refractivity contribution in [2.24, 2.45) is 0 Å². The van der Waals surface area contributed by atoms with E-state index in [1.807, 2.05) is 6.92 Å². The zero-order valence-corrected chi connectivity index (χ0v) is 11.1. The van der Waals surface area contributed by atoms with Crippen LogP contribution in [0.25, 0.3) is 0 Å². The van der Waals surface area contributed by atoms with Gasteiger partial charge < -0.3 is 20.9 Å². The molecule has 1 amide bonds. The van der Waals surface area contributed by atoms with E-state index in [1.54, 1.807) is 6.92 Å². The summed E-state index contributed by atoms with van der Waals surface area (Å²) in [5.41, 5.74) is 6.83. The van der Waals surface area contributed by atoms with Gasteiger partial charge in [-0.15, -0.1) is 0 Å². The predicted octanol–water partition coefficient (Wildman–Crippen LogP) is -0.943. The van der Waals surface area contributed by atoms with Gasteiger partial charge in [-0.1, -0.05) is 0 Å². The maximum absolute atomic E-state index is 12.0. The molecule has 1 unspecified atom stereocenters. The molecular formula is C11H18N4O4. The number of aryl methyl sites for hydroxylation is 2. The molecule has 8 nitrogen and oxygen atoms in total. The molecule has 0 spiro atoms. The smallest absolute Gasteiger partial charge is 0.336 e. The summed E-state index contributed by atoms with van der Waals surface area (Å²) in [7, 11) is 1.15. The summed E-state index contributed by atoms with van der Waals surface area (Å²) in [6.07, 6.45) is -1.41. The van der Waals surface area contributed by atoms with E-state index in [4.69, 9.17) is 5.73 Å². The van der Waals surface area contributed by atoms with Crippen molar-refractivity contribution < 1.29 is 19.4 Å². The van der Waals surface area contributed by atoms with Gasteiger partial charge in [0.05, 0.1) is 25.0 Å². The summed E-state index contributed by atoms with van der Waals surface area (Å²) < 4.78 is 5.80. The number of hydrogen-bond donors (Lipinski definition) is 3. The number of hydrogen-bond acceptors (Lipinski definition) is 6. The van der Waals surface area contributed by atoms with Gasteiger partial charge in [0.15, 0.2) is 6.10 Å². The van der Waals surface area contributed by atoms with Gasteiger partial charge in [-0.3, -0.25) is 9.48 Å². The van der Waals surface area contributed by atoms with Gasteiger partial charge in [-0.05, 0) is 13.8 Å². The summed E-state index contributed by atoms with van der Waals surface area (Å²) >= 11 is 0. The summed E-state index contributed by atoms with van der Waals surface area (Å²) in [4.78, 5) is 22.9. The molecule has 106 valence electrons. The average Bonchev–Trinajstić information content (AvgIpc) is 2.70. The lowest BCUT2D eigenvalue weighted by atomic mass is 10.2. The highest BCUT2D eigenvalue weighted by atomic mass is 16.5. The molecule has 0 saturated carbocycles. The van der Waals surface area contributed by atoms with Gasteiger partial charge in [-0.2, -0.15) is 5.10 Å². The second kappa shape index (κ2) is 6.19. The van der Waals surface area contributed by atoms with Crippen LogP contribution < -0.4 is 11.1 Å². The normalized spacial score (nSPS) is 12.0. The molecule has 19 heavy (non-hydrogen) atoms. The number of aliphatic hydroxyl groups is 1. The van der Waals surface area contributed by atoms with Crippen molar-refractivity contribution in [3.8, 4) is 0 Å². The van der Waals surface area contributed by atoms with Crippen molar-refractivity contribution in [2.75, 3.05) is 19.4 Å². The molecule has 0 fully saturated rings. The Morgan fingerprint density at radius 2 is 2.21 bits per heavy atom. The third-order valence-corrected chi connectivity index (χ3v) is 2.62. The average molecular weight is 270 g/mol. The van der Waals surface area contributed by atoms with Gasteiger partial charge in [-0.25, -0.2) is 4.79 Å². The maximum Gasteiger partial charge on any atom is 0.336 e. The van der Waals surface area contributed by atoms with Crippen molar-refractivity contribution in [2.45, 2.75) is 26.5 Å². The molecular weight excluding hydrogens is 252 g/mol. The molecule has 1 aromatic rings. The topological polar surface area (TPSA) is 119 Å². The second-order valence-corrected chi connectivity index (χ2v) is 3.91. The lowest BCUT2D eigenvalue weighted by molar-refractivity contribution is -0.149. The lowest BCUT2D eigenvalue weighted by Gasteiger charge is -2.10. The predicted molar refractivity (Wildman–Crippen MR) is 67.4 cm³/mol. The molecule has 0 aliphatic rings. The molecule has 0 aliphatic carbocycles. The van der Waals surface area contributed by atoms with E-state index in [9.17, 15) is 14.7 Å². The van der Waals surface area contributed by atoms with Gasteiger partial charge in [0.2, 0.25) is 0 Å². The number of amides is 1. The number of ether oxygens (including phenoxy) is 1. The molecule has 0 radical (unpaired) electrons. The number of esters is 1. The van der Waals surface area contributed by atoms with Crippen LogP contribution in [0.3, 0.4) is 0 Å². The first-order chi connectivity index (χ1) is 8.92. The van der Waals surface area contributed by atoms with E-state index in [0.29, 0.717) is 12.2 Å².